The predicted molar refractivity (Wildman–Crippen MR) is 57.5 cm³/mol. The SMILES string of the molecule is CNC(=O)c1oc2ccccc2c1CN. The summed E-state index contributed by atoms with van der Waals surface area (Å²) >= 11 is 0. The minimum atomic E-state index is -0.244. The minimum Gasteiger partial charge on any atom is -0.451 e. The molecule has 2 aromatic rings. The van der Waals surface area contributed by atoms with Gasteiger partial charge in [0.15, 0.2) is 5.76 Å². The number of para-hydroxylation sites is 1. The van der Waals surface area contributed by atoms with E-state index in [1.54, 1.807) is 7.05 Å². The minimum absolute atomic E-state index is 0.244. The largest absolute Gasteiger partial charge is 0.451 e. The van der Waals surface area contributed by atoms with Crippen LogP contribution in [-0.2, 0) is 6.54 Å². The summed E-state index contributed by atoms with van der Waals surface area (Å²) in [6.07, 6.45) is 0. The fraction of sp³-hybridized carbons (Fsp3) is 0.182. The summed E-state index contributed by atoms with van der Waals surface area (Å²) in [6.45, 7) is 0.291. The molecular formula is C11H12N2O2. The van der Waals surface area contributed by atoms with Crippen molar-refractivity contribution in [3.05, 3.63) is 35.6 Å². The third kappa shape index (κ3) is 1.49. The quantitative estimate of drug-likeness (QED) is 0.773. The van der Waals surface area contributed by atoms with Crippen molar-refractivity contribution < 1.29 is 9.21 Å². The molecule has 1 aromatic carbocycles. The topological polar surface area (TPSA) is 68.3 Å². The molecule has 0 aliphatic rings. The van der Waals surface area contributed by atoms with E-state index in [1.165, 1.54) is 0 Å². The molecule has 0 saturated carbocycles. The summed E-state index contributed by atoms with van der Waals surface area (Å²) in [5.41, 5.74) is 7.06. The molecule has 0 unspecified atom stereocenters. The van der Waals surface area contributed by atoms with Gasteiger partial charge in [0.2, 0.25) is 0 Å². The van der Waals surface area contributed by atoms with Crippen LogP contribution in [0, 0.1) is 0 Å². The number of fused-ring (bicyclic) bond motifs is 1. The summed E-state index contributed by atoms with van der Waals surface area (Å²) in [6, 6.07) is 7.47. The van der Waals surface area contributed by atoms with Crippen molar-refractivity contribution in [2.75, 3.05) is 7.05 Å². The van der Waals surface area contributed by atoms with Gasteiger partial charge in [0.05, 0.1) is 0 Å². The number of furan rings is 1. The zero-order valence-corrected chi connectivity index (χ0v) is 8.41. The van der Waals surface area contributed by atoms with Gasteiger partial charge in [-0.05, 0) is 6.07 Å². The lowest BCUT2D eigenvalue weighted by Gasteiger charge is -1.97. The van der Waals surface area contributed by atoms with Crippen molar-refractivity contribution in [2.24, 2.45) is 5.73 Å². The second-order valence-corrected chi connectivity index (χ2v) is 3.19. The third-order valence-electron chi connectivity index (χ3n) is 2.34. The average molecular weight is 204 g/mol. The lowest BCUT2D eigenvalue weighted by atomic mass is 10.1. The maximum atomic E-state index is 11.5. The molecule has 4 nitrogen and oxygen atoms in total. The molecule has 0 bridgehead atoms. The van der Waals surface area contributed by atoms with Gasteiger partial charge in [0.1, 0.15) is 5.58 Å². The first-order valence-corrected chi connectivity index (χ1v) is 4.70. The fourth-order valence-electron chi connectivity index (χ4n) is 1.60. The van der Waals surface area contributed by atoms with Gasteiger partial charge >= 0.3 is 0 Å². The standard InChI is InChI=1S/C11H12N2O2/c1-13-11(14)10-8(6-12)7-4-2-3-5-9(7)15-10/h2-5H,6,12H2,1H3,(H,13,14). The Kier molecular flexibility index (Phi) is 2.43. The first kappa shape index (κ1) is 9.73. The molecule has 1 amide bonds. The van der Waals surface area contributed by atoms with Crippen LogP contribution in [0.25, 0.3) is 11.0 Å². The van der Waals surface area contributed by atoms with E-state index in [2.05, 4.69) is 5.32 Å². The smallest absolute Gasteiger partial charge is 0.287 e. The van der Waals surface area contributed by atoms with Crippen LogP contribution >= 0.6 is 0 Å². The Morgan fingerprint density at radius 2 is 2.20 bits per heavy atom. The molecule has 15 heavy (non-hydrogen) atoms. The van der Waals surface area contributed by atoms with Crippen LogP contribution in [0.5, 0.6) is 0 Å². The summed E-state index contributed by atoms with van der Waals surface area (Å²) in [5.74, 6) is 0.0628. The molecule has 0 radical (unpaired) electrons. The van der Waals surface area contributed by atoms with Crippen molar-refractivity contribution in [3.8, 4) is 0 Å². The molecule has 0 aliphatic heterocycles. The highest BCUT2D eigenvalue weighted by molar-refractivity contribution is 5.98. The molecule has 78 valence electrons. The highest BCUT2D eigenvalue weighted by atomic mass is 16.3. The van der Waals surface area contributed by atoms with E-state index in [-0.39, 0.29) is 5.91 Å². The van der Waals surface area contributed by atoms with Crippen LogP contribution in [0.2, 0.25) is 0 Å². The van der Waals surface area contributed by atoms with E-state index in [9.17, 15) is 4.79 Å². The first-order chi connectivity index (χ1) is 7.27. The number of nitrogens with one attached hydrogen (secondary N) is 1. The monoisotopic (exact) mass is 204 g/mol. The van der Waals surface area contributed by atoms with E-state index in [1.807, 2.05) is 24.3 Å². The first-order valence-electron chi connectivity index (χ1n) is 4.70. The van der Waals surface area contributed by atoms with E-state index in [4.69, 9.17) is 10.2 Å². The summed E-state index contributed by atoms with van der Waals surface area (Å²) < 4.78 is 5.45. The molecule has 2 rings (SSSR count). The zero-order chi connectivity index (χ0) is 10.8. The maximum absolute atomic E-state index is 11.5. The maximum Gasteiger partial charge on any atom is 0.287 e. The molecule has 0 fully saturated rings. The summed E-state index contributed by atoms with van der Waals surface area (Å²) in [5, 5.41) is 3.43. The van der Waals surface area contributed by atoms with Crippen molar-refractivity contribution in [2.45, 2.75) is 6.54 Å². The lowest BCUT2D eigenvalue weighted by molar-refractivity contribution is 0.0936. The molecule has 1 aromatic heterocycles. The zero-order valence-electron chi connectivity index (χ0n) is 8.41. The van der Waals surface area contributed by atoms with E-state index < -0.39 is 0 Å². The van der Waals surface area contributed by atoms with Crippen LogP contribution in [0.15, 0.2) is 28.7 Å². The number of amides is 1. The molecule has 1 heterocycles. The van der Waals surface area contributed by atoms with Gasteiger partial charge in [-0.25, -0.2) is 0 Å². The van der Waals surface area contributed by atoms with Crippen molar-refractivity contribution in [1.82, 2.24) is 5.32 Å². The number of benzene rings is 1. The Morgan fingerprint density at radius 3 is 2.87 bits per heavy atom. The number of hydrogen-bond donors (Lipinski definition) is 2. The molecule has 0 aliphatic carbocycles. The van der Waals surface area contributed by atoms with Gasteiger partial charge in [-0.15, -0.1) is 0 Å². The van der Waals surface area contributed by atoms with Crippen LogP contribution in [0.4, 0.5) is 0 Å². The molecule has 4 heteroatoms. The average Bonchev–Trinajstić information content (AvgIpc) is 2.66. The van der Waals surface area contributed by atoms with Crippen LogP contribution in [-0.4, -0.2) is 13.0 Å². The van der Waals surface area contributed by atoms with Gasteiger partial charge in [-0.2, -0.15) is 0 Å². The molecule has 0 spiro atoms. The van der Waals surface area contributed by atoms with Gasteiger partial charge in [-0.3, -0.25) is 4.79 Å². The highest BCUT2D eigenvalue weighted by Crippen LogP contribution is 2.25. The van der Waals surface area contributed by atoms with Crippen LogP contribution < -0.4 is 11.1 Å². The fourth-order valence-corrected chi connectivity index (χ4v) is 1.60. The van der Waals surface area contributed by atoms with Crippen molar-refractivity contribution in [1.29, 1.82) is 0 Å². The Bertz CT molecular complexity index is 502. The Morgan fingerprint density at radius 1 is 1.47 bits per heavy atom. The van der Waals surface area contributed by atoms with E-state index in [0.717, 1.165) is 10.9 Å². The Hall–Kier alpha value is -1.81. The van der Waals surface area contributed by atoms with Gasteiger partial charge in [0.25, 0.3) is 5.91 Å². The van der Waals surface area contributed by atoms with Gasteiger partial charge < -0.3 is 15.5 Å². The predicted octanol–water partition coefficient (Wildman–Crippen LogP) is 1.25. The normalized spacial score (nSPS) is 10.5. The molecule has 0 saturated heterocycles. The van der Waals surface area contributed by atoms with Crippen LogP contribution in [0.3, 0.4) is 0 Å². The second-order valence-electron chi connectivity index (χ2n) is 3.19. The number of nitrogens with two attached hydrogens (primary N) is 1. The van der Waals surface area contributed by atoms with Crippen molar-refractivity contribution >= 4 is 16.9 Å². The highest BCUT2D eigenvalue weighted by Gasteiger charge is 2.17. The van der Waals surface area contributed by atoms with Gasteiger partial charge in [0, 0.05) is 24.5 Å². The molecule has 3 N–H and O–H groups in total. The number of carbonyl (C=O) groups excluding carboxylic acids is 1. The van der Waals surface area contributed by atoms with E-state index in [0.29, 0.717) is 17.9 Å². The second kappa shape index (κ2) is 3.74. The van der Waals surface area contributed by atoms with E-state index >= 15 is 0 Å². The van der Waals surface area contributed by atoms with Gasteiger partial charge in [-0.1, -0.05) is 18.2 Å². The van der Waals surface area contributed by atoms with Crippen LogP contribution in [0.1, 0.15) is 16.1 Å². The number of hydrogen-bond acceptors (Lipinski definition) is 3. The Balaban J connectivity index is 2.69. The lowest BCUT2D eigenvalue weighted by Crippen LogP contribution is -2.19. The third-order valence-corrected chi connectivity index (χ3v) is 2.34. The molecule has 0 atom stereocenters. The van der Waals surface area contributed by atoms with Crippen molar-refractivity contribution in [3.63, 3.8) is 0 Å². The summed E-state index contributed by atoms with van der Waals surface area (Å²) in [7, 11) is 1.57. The number of carbonyl (C=O) groups is 1. The molecular weight excluding hydrogens is 192 g/mol. The number of rotatable bonds is 2. The summed E-state index contributed by atoms with van der Waals surface area (Å²) in [4.78, 5) is 11.5. The Labute approximate surface area is 87.1 Å².